The van der Waals surface area contributed by atoms with E-state index < -0.39 is 6.10 Å². The number of nitrogens with one attached hydrogen (secondary N) is 1. The van der Waals surface area contributed by atoms with Crippen molar-refractivity contribution in [1.29, 1.82) is 0 Å². The Balaban J connectivity index is 1.37. The van der Waals surface area contributed by atoms with Gasteiger partial charge >= 0.3 is 0 Å². The van der Waals surface area contributed by atoms with Gasteiger partial charge in [-0.15, -0.1) is 0 Å². The Hall–Kier alpha value is -0.360. The van der Waals surface area contributed by atoms with E-state index in [-0.39, 0.29) is 66.5 Å². The molecule has 0 aromatic heterocycles. The predicted molar refractivity (Wildman–Crippen MR) is 152 cm³/mol. The van der Waals surface area contributed by atoms with E-state index in [9.17, 15) is 5.11 Å². The molecule has 0 aromatic carbocycles. The number of rotatable bonds is 11. The quantitative estimate of drug-likeness (QED) is 0.324. The Bertz CT molecular complexity index is 761. The summed E-state index contributed by atoms with van der Waals surface area (Å²) in [6.07, 6.45) is 11.0. The van der Waals surface area contributed by atoms with Crippen LogP contribution in [0.2, 0.25) is 0 Å². The fraction of sp³-hybridized carbons (Fsp3) is 1.00. The average molecular weight is 569 g/mol. The van der Waals surface area contributed by atoms with Crippen LogP contribution in [-0.2, 0) is 28.4 Å². The smallest absolute Gasteiger partial charge is 0.0686 e. The maximum Gasteiger partial charge on any atom is 0.0686 e. The first-order valence-electron chi connectivity index (χ1n) is 16.1. The fourth-order valence-corrected chi connectivity index (χ4v) is 8.70. The lowest BCUT2D eigenvalue weighted by Crippen LogP contribution is -2.61. The van der Waals surface area contributed by atoms with Crippen LogP contribution >= 0.6 is 0 Å². The summed E-state index contributed by atoms with van der Waals surface area (Å²) in [5.74, 6) is 0.942. The zero-order valence-corrected chi connectivity index (χ0v) is 25.1. The summed E-state index contributed by atoms with van der Waals surface area (Å²) in [6, 6.07) is 0. The van der Waals surface area contributed by atoms with Gasteiger partial charge in [0.1, 0.15) is 0 Å². The van der Waals surface area contributed by atoms with Gasteiger partial charge in [-0.25, -0.2) is 0 Å². The number of hydrogen-bond acceptors (Lipinski definition) is 9. The summed E-state index contributed by atoms with van der Waals surface area (Å²) in [5, 5.41) is 15.3. The molecule has 2 aliphatic carbocycles. The molecule has 3 aliphatic heterocycles. The minimum atomic E-state index is -0.456. The summed E-state index contributed by atoms with van der Waals surface area (Å²) in [7, 11) is 5.37. The molecule has 0 bridgehead atoms. The third-order valence-corrected chi connectivity index (χ3v) is 10.9. The summed E-state index contributed by atoms with van der Waals surface area (Å²) >= 11 is 0. The van der Waals surface area contributed by atoms with Crippen molar-refractivity contribution in [3.63, 3.8) is 0 Å². The molecule has 9 nitrogen and oxygen atoms in total. The minimum Gasteiger partial charge on any atom is -0.392 e. The number of aliphatic hydroxyl groups excluding tert-OH is 1. The molecule has 3 saturated heterocycles. The van der Waals surface area contributed by atoms with Crippen molar-refractivity contribution in [2.24, 2.45) is 35.3 Å². The van der Waals surface area contributed by atoms with Crippen LogP contribution in [0.4, 0.5) is 0 Å². The second kappa shape index (κ2) is 14.9. The topological polar surface area (TPSA) is 114 Å². The SMILES string of the molecule is COCCC[C@@H]1OC2CCC(OC)CC2[C@H](OCCC2CCNC(N)C2)[C@@H]1[C@@H]1COC2CCC(OC)CC2[C@H]1O. The van der Waals surface area contributed by atoms with Gasteiger partial charge in [-0.3, -0.25) is 0 Å². The molecule has 9 heteroatoms. The van der Waals surface area contributed by atoms with Crippen LogP contribution in [0.3, 0.4) is 0 Å². The number of hydrogen-bond donors (Lipinski definition) is 3. The molecule has 232 valence electrons. The van der Waals surface area contributed by atoms with Crippen molar-refractivity contribution < 1.29 is 33.5 Å². The molecule has 0 radical (unpaired) electrons. The first-order chi connectivity index (χ1) is 19.5. The molecular weight excluding hydrogens is 512 g/mol. The maximum atomic E-state index is 12.0. The van der Waals surface area contributed by atoms with Gasteiger partial charge in [-0.1, -0.05) is 0 Å². The van der Waals surface area contributed by atoms with E-state index >= 15 is 0 Å². The molecule has 5 aliphatic rings. The van der Waals surface area contributed by atoms with E-state index in [0.29, 0.717) is 25.7 Å². The van der Waals surface area contributed by atoms with Crippen LogP contribution in [0, 0.1) is 29.6 Å². The number of aliphatic hydroxyl groups is 1. The van der Waals surface area contributed by atoms with Crippen molar-refractivity contribution in [2.75, 3.05) is 47.7 Å². The molecule has 13 atom stereocenters. The van der Waals surface area contributed by atoms with E-state index in [4.69, 9.17) is 34.2 Å². The summed E-state index contributed by atoms with van der Waals surface area (Å²) in [6.45, 7) is 2.95. The number of ether oxygens (including phenoxy) is 6. The number of piperidine rings is 1. The summed E-state index contributed by atoms with van der Waals surface area (Å²) in [4.78, 5) is 0. The molecular formula is C31H56N2O7. The first-order valence-corrected chi connectivity index (χ1v) is 16.1. The van der Waals surface area contributed by atoms with Crippen molar-refractivity contribution >= 4 is 0 Å². The predicted octanol–water partition coefficient (Wildman–Crippen LogP) is 2.86. The Kier molecular flexibility index (Phi) is 11.6. The van der Waals surface area contributed by atoms with E-state index in [0.717, 1.165) is 77.2 Å². The van der Waals surface area contributed by atoms with Crippen LogP contribution < -0.4 is 11.1 Å². The fourth-order valence-electron chi connectivity index (χ4n) is 8.70. The van der Waals surface area contributed by atoms with Gasteiger partial charge in [0.05, 0.1) is 55.5 Å². The third kappa shape index (κ3) is 7.22. The Labute approximate surface area is 241 Å². The number of fused-ring (bicyclic) bond motifs is 2. The second-order valence-corrected chi connectivity index (χ2v) is 13.2. The van der Waals surface area contributed by atoms with Crippen molar-refractivity contribution in [2.45, 2.75) is 120 Å². The largest absolute Gasteiger partial charge is 0.392 e. The lowest BCUT2D eigenvalue weighted by molar-refractivity contribution is -0.253. The highest BCUT2D eigenvalue weighted by molar-refractivity contribution is 5.03. The Morgan fingerprint density at radius 1 is 0.850 bits per heavy atom. The first kappa shape index (κ1) is 31.1. The van der Waals surface area contributed by atoms with E-state index in [1.54, 1.807) is 14.2 Å². The molecule has 0 aromatic rings. The molecule has 40 heavy (non-hydrogen) atoms. The van der Waals surface area contributed by atoms with E-state index in [1.807, 2.05) is 7.11 Å². The molecule has 0 spiro atoms. The van der Waals surface area contributed by atoms with Gasteiger partial charge in [0, 0.05) is 58.2 Å². The minimum absolute atomic E-state index is 0.00115. The second-order valence-electron chi connectivity index (χ2n) is 13.2. The van der Waals surface area contributed by atoms with Crippen LogP contribution in [0.15, 0.2) is 0 Å². The summed E-state index contributed by atoms with van der Waals surface area (Å²) < 4.78 is 37.5. The van der Waals surface area contributed by atoms with Gasteiger partial charge in [0.15, 0.2) is 0 Å². The molecule has 5 fully saturated rings. The van der Waals surface area contributed by atoms with Crippen LogP contribution in [0.5, 0.6) is 0 Å². The molecule has 3 heterocycles. The van der Waals surface area contributed by atoms with Gasteiger partial charge < -0.3 is 44.6 Å². The lowest BCUT2D eigenvalue weighted by Gasteiger charge is -2.55. The molecule has 2 saturated carbocycles. The highest BCUT2D eigenvalue weighted by Crippen LogP contribution is 2.49. The maximum absolute atomic E-state index is 12.0. The number of nitrogens with two attached hydrogens (primary N) is 1. The summed E-state index contributed by atoms with van der Waals surface area (Å²) in [5.41, 5.74) is 6.20. The third-order valence-electron chi connectivity index (χ3n) is 10.9. The zero-order valence-electron chi connectivity index (χ0n) is 25.1. The standard InChI is InChI=1S/C31H56N2O7/c1-35-13-4-5-27-29(24-18-39-25-8-6-20(36-2)16-22(25)30(24)34)31(23-17-21(37-3)7-9-26(23)40-27)38-14-11-19-10-12-33-28(32)15-19/h19-31,33-34H,4-18,32H2,1-3H3/t19?,20?,21?,22?,23?,24-,25?,26?,27-,28?,29+,30+,31-/m0/s1. The van der Waals surface area contributed by atoms with Crippen LogP contribution in [-0.4, -0.2) is 102 Å². The van der Waals surface area contributed by atoms with Crippen LogP contribution in [0.1, 0.15) is 70.6 Å². The van der Waals surface area contributed by atoms with Crippen LogP contribution in [0.25, 0.3) is 0 Å². The van der Waals surface area contributed by atoms with Gasteiger partial charge in [-0.2, -0.15) is 0 Å². The Morgan fingerprint density at radius 3 is 2.33 bits per heavy atom. The normalized spacial score (nSPS) is 46.0. The van der Waals surface area contributed by atoms with E-state index in [1.165, 1.54) is 0 Å². The average Bonchev–Trinajstić information content (AvgIpc) is 2.97. The molecule has 4 N–H and O–H groups in total. The monoisotopic (exact) mass is 568 g/mol. The highest BCUT2D eigenvalue weighted by atomic mass is 16.5. The molecule has 8 unspecified atom stereocenters. The molecule has 5 rings (SSSR count). The molecule has 0 amide bonds. The van der Waals surface area contributed by atoms with Crippen molar-refractivity contribution in [3.8, 4) is 0 Å². The number of methoxy groups -OCH3 is 3. The Morgan fingerprint density at radius 2 is 1.60 bits per heavy atom. The highest BCUT2D eigenvalue weighted by Gasteiger charge is 2.55. The van der Waals surface area contributed by atoms with Gasteiger partial charge in [0.25, 0.3) is 0 Å². The van der Waals surface area contributed by atoms with E-state index in [2.05, 4.69) is 5.32 Å². The van der Waals surface area contributed by atoms with Gasteiger partial charge in [-0.05, 0) is 83.1 Å². The van der Waals surface area contributed by atoms with Crippen molar-refractivity contribution in [1.82, 2.24) is 5.32 Å². The van der Waals surface area contributed by atoms with Crippen molar-refractivity contribution in [3.05, 3.63) is 0 Å². The zero-order chi connectivity index (χ0) is 28.1. The lowest BCUT2D eigenvalue weighted by atomic mass is 9.64. The van der Waals surface area contributed by atoms with Gasteiger partial charge in [0.2, 0.25) is 0 Å².